The van der Waals surface area contributed by atoms with Gasteiger partial charge in [0.1, 0.15) is 4.88 Å². The van der Waals surface area contributed by atoms with Crippen LogP contribution < -0.4 is 10.6 Å². The summed E-state index contributed by atoms with van der Waals surface area (Å²) in [7, 11) is 0. The van der Waals surface area contributed by atoms with Crippen LogP contribution in [0.2, 0.25) is 10.0 Å². The van der Waals surface area contributed by atoms with E-state index in [0.717, 1.165) is 0 Å². The SMILES string of the molecule is Cc1noc(-c2sccc2NC(=O)Nc2ccc(Cl)c(Cl)c2)n1. The largest absolute Gasteiger partial charge is 0.333 e. The molecule has 2 heterocycles. The first kappa shape index (κ1) is 15.8. The summed E-state index contributed by atoms with van der Waals surface area (Å²) in [5, 5.41) is 11.8. The van der Waals surface area contributed by atoms with Gasteiger partial charge in [0.25, 0.3) is 5.89 Å². The van der Waals surface area contributed by atoms with Crippen molar-refractivity contribution < 1.29 is 9.32 Å². The van der Waals surface area contributed by atoms with E-state index in [-0.39, 0.29) is 0 Å². The van der Waals surface area contributed by atoms with Crippen LogP contribution >= 0.6 is 34.5 Å². The van der Waals surface area contributed by atoms with Crippen molar-refractivity contribution in [3.05, 3.63) is 45.5 Å². The molecule has 0 aliphatic heterocycles. The van der Waals surface area contributed by atoms with Crippen molar-refractivity contribution in [2.45, 2.75) is 6.92 Å². The second-order valence-electron chi connectivity index (χ2n) is 4.52. The molecule has 9 heteroatoms. The Hall–Kier alpha value is -2.09. The molecule has 0 fully saturated rings. The Bertz CT molecular complexity index is 862. The monoisotopic (exact) mass is 368 g/mol. The van der Waals surface area contributed by atoms with E-state index in [0.29, 0.717) is 38.0 Å². The maximum Gasteiger partial charge on any atom is 0.323 e. The Kier molecular flexibility index (Phi) is 4.51. The second kappa shape index (κ2) is 6.57. The van der Waals surface area contributed by atoms with Gasteiger partial charge >= 0.3 is 6.03 Å². The third-order valence-corrected chi connectivity index (χ3v) is 4.45. The number of hydrogen-bond acceptors (Lipinski definition) is 5. The minimum atomic E-state index is -0.417. The zero-order chi connectivity index (χ0) is 16.4. The van der Waals surface area contributed by atoms with Crippen LogP contribution in [0.3, 0.4) is 0 Å². The van der Waals surface area contributed by atoms with Crippen molar-refractivity contribution in [1.29, 1.82) is 0 Å². The van der Waals surface area contributed by atoms with Crippen molar-refractivity contribution in [2.75, 3.05) is 10.6 Å². The maximum absolute atomic E-state index is 12.1. The van der Waals surface area contributed by atoms with Crippen molar-refractivity contribution >= 4 is 51.9 Å². The number of hydrogen-bond donors (Lipinski definition) is 2. The van der Waals surface area contributed by atoms with Crippen molar-refractivity contribution in [1.82, 2.24) is 10.1 Å². The lowest BCUT2D eigenvalue weighted by Gasteiger charge is -2.08. The molecule has 0 atom stereocenters. The molecule has 3 rings (SSSR count). The van der Waals surface area contributed by atoms with E-state index in [4.69, 9.17) is 27.7 Å². The smallest absolute Gasteiger partial charge is 0.323 e. The van der Waals surface area contributed by atoms with Crippen LogP contribution in [0.25, 0.3) is 10.8 Å². The molecule has 0 radical (unpaired) electrons. The van der Waals surface area contributed by atoms with Crippen LogP contribution in [0.1, 0.15) is 5.82 Å². The van der Waals surface area contributed by atoms with Crippen LogP contribution in [-0.4, -0.2) is 16.2 Å². The van der Waals surface area contributed by atoms with Gasteiger partial charge in [0, 0.05) is 5.69 Å². The highest BCUT2D eigenvalue weighted by Crippen LogP contribution is 2.32. The number of amides is 2. The number of urea groups is 1. The Morgan fingerprint density at radius 3 is 2.74 bits per heavy atom. The molecule has 3 aromatic rings. The Morgan fingerprint density at radius 1 is 1.22 bits per heavy atom. The third-order valence-electron chi connectivity index (χ3n) is 2.81. The normalized spacial score (nSPS) is 10.6. The van der Waals surface area contributed by atoms with Crippen molar-refractivity contribution in [2.24, 2.45) is 0 Å². The first-order valence-corrected chi connectivity index (χ1v) is 8.08. The molecule has 0 spiro atoms. The average Bonchev–Trinajstić information content (AvgIpc) is 3.11. The molecule has 0 bridgehead atoms. The summed E-state index contributed by atoms with van der Waals surface area (Å²) in [6, 6.07) is 6.17. The number of rotatable bonds is 3. The number of halogens is 2. The van der Waals surface area contributed by atoms with Gasteiger partial charge in [-0.1, -0.05) is 28.4 Å². The van der Waals surface area contributed by atoms with E-state index in [9.17, 15) is 4.79 Å². The predicted molar refractivity (Wildman–Crippen MR) is 91.5 cm³/mol. The van der Waals surface area contributed by atoms with E-state index in [1.165, 1.54) is 11.3 Å². The van der Waals surface area contributed by atoms with Gasteiger partial charge < -0.3 is 15.2 Å². The highest BCUT2D eigenvalue weighted by Gasteiger charge is 2.15. The fourth-order valence-corrected chi connectivity index (χ4v) is 2.89. The molecule has 0 aliphatic carbocycles. The van der Waals surface area contributed by atoms with E-state index >= 15 is 0 Å². The average molecular weight is 369 g/mol. The van der Waals surface area contributed by atoms with Gasteiger partial charge in [0.15, 0.2) is 5.82 Å². The second-order valence-corrected chi connectivity index (χ2v) is 6.25. The lowest BCUT2D eigenvalue weighted by atomic mass is 10.3. The highest BCUT2D eigenvalue weighted by atomic mass is 35.5. The number of carbonyl (C=O) groups is 1. The number of aromatic nitrogens is 2. The van der Waals surface area contributed by atoms with E-state index in [2.05, 4.69) is 20.8 Å². The zero-order valence-corrected chi connectivity index (χ0v) is 14.1. The van der Waals surface area contributed by atoms with Gasteiger partial charge in [-0.15, -0.1) is 11.3 Å². The van der Waals surface area contributed by atoms with Gasteiger partial charge in [-0.25, -0.2) is 4.79 Å². The summed E-state index contributed by atoms with van der Waals surface area (Å²) in [5.41, 5.74) is 1.11. The van der Waals surface area contributed by atoms with E-state index < -0.39 is 6.03 Å². The first-order valence-electron chi connectivity index (χ1n) is 6.44. The van der Waals surface area contributed by atoms with Gasteiger partial charge in [-0.3, -0.25) is 0 Å². The number of nitrogens with zero attached hydrogens (tertiary/aromatic N) is 2. The fraction of sp³-hybridized carbons (Fsp3) is 0.0714. The fourth-order valence-electron chi connectivity index (χ4n) is 1.82. The van der Waals surface area contributed by atoms with Crippen LogP contribution in [0.4, 0.5) is 16.2 Å². The highest BCUT2D eigenvalue weighted by molar-refractivity contribution is 7.14. The summed E-state index contributed by atoms with van der Waals surface area (Å²) >= 11 is 13.2. The topological polar surface area (TPSA) is 80.0 Å². The molecule has 2 aromatic heterocycles. The Labute approximate surface area is 145 Å². The Morgan fingerprint density at radius 2 is 2.04 bits per heavy atom. The molecule has 118 valence electrons. The lowest BCUT2D eigenvalue weighted by molar-refractivity contribution is 0.262. The molecule has 2 amide bonds. The van der Waals surface area contributed by atoms with Crippen molar-refractivity contribution in [3.8, 4) is 10.8 Å². The number of nitrogens with one attached hydrogen (secondary N) is 2. The van der Waals surface area contributed by atoms with Gasteiger partial charge in [-0.05, 0) is 36.6 Å². The first-order chi connectivity index (χ1) is 11.0. The number of aryl methyl sites for hydroxylation is 1. The number of anilines is 2. The Balaban J connectivity index is 1.73. The number of benzene rings is 1. The molecule has 2 N–H and O–H groups in total. The minimum absolute atomic E-state index is 0.363. The standard InChI is InChI=1S/C14H10Cl2N4O2S/c1-7-17-13(22-20-7)12-11(4-5-23-12)19-14(21)18-8-2-3-9(15)10(16)6-8/h2-6H,1H3,(H2,18,19,21). The van der Waals surface area contributed by atoms with Crippen LogP contribution in [0, 0.1) is 6.92 Å². The van der Waals surface area contributed by atoms with Gasteiger partial charge in [-0.2, -0.15) is 4.98 Å². The van der Waals surface area contributed by atoms with Crippen molar-refractivity contribution in [3.63, 3.8) is 0 Å². The van der Waals surface area contributed by atoms with Gasteiger partial charge in [0.2, 0.25) is 0 Å². The molecular formula is C14H10Cl2N4O2S. The number of thiophene rings is 1. The molecule has 0 saturated heterocycles. The molecule has 0 unspecified atom stereocenters. The molecule has 0 aliphatic rings. The summed E-state index contributed by atoms with van der Waals surface area (Å²) in [6.45, 7) is 1.73. The predicted octanol–water partition coefficient (Wildman–Crippen LogP) is 5.06. The van der Waals surface area contributed by atoms with Crippen LogP contribution in [-0.2, 0) is 0 Å². The van der Waals surface area contributed by atoms with Gasteiger partial charge in [0.05, 0.1) is 15.7 Å². The van der Waals surface area contributed by atoms with E-state index in [1.807, 2.05) is 5.38 Å². The minimum Gasteiger partial charge on any atom is -0.333 e. The lowest BCUT2D eigenvalue weighted by Crippen LogP contribution is -2.19. The van der Waals surface area contributed by atoms with E-state index in [1.54, 1.807) is 31.2 Å². The summed E-state index contributed by atoms with van der Waals surface area (Å²) in [5.74, 6) is 0.891. The molecule has 0 saturated carbocycles. The summed E-state index contributed by atoms with van der Waals surface area (Å²) in [4.78, 5) is 16.9. The molecule has 1 aromatic carbocycles. The maximum atomic E-state index is 12.1. The molecular weight excluding hydrogens is 359 g/mol. The summed E-state index contributed by atoms with van der Waals surface area (Å²) in [6.07, 6.45) is 0. The molecule has 23 heavy (non-hydrogen) atoms. The van der Waals surface area contributed by atoms with Crippen LogP contribution in [0.15, 0.2) is 34.2 Å². The third kappa shape index (κ3) is 3.64. The molecule has 6 nitrogen and oxygen atoms in total. The number of carbonyl (C=O) groups excluding carboxylic acids is 1. The summed E-state index contributed by atoms with van der Waals surface area (Å²) < 4.78 is 5.12. The van der Waals surface area contributed by atoms with Crippen LogP contribution in [0.5, 0.6) is 0 Å². The zero-order valence-electron chi connectivity index (χ0n) is 11.8. The quantitative estimate of drug-likeness (QED) is 0.677.